The van der Waals surface area contributed by atoms with E-state index in [1.54, 1.807) is 31.2 Å². The molecule has 39 heavy (non-hydrogen) atoms. The average molecular weight is 540 g/mol. The molecule has 3 rings (SSSR count). The Hall–Kier alpha value is -4.41. The van der Waals surface area contributed by atoms with Crippen molar-refractivity contribution in [3.8, 4) is 0 Å². The minimum Gasteiger partial charge on any atom is -0.459 e. The topological polar surface area (TPSA) is 149 Å². The molecule has 208 valence electrons. The molecule has 1 heterocycles. The molecule has 2 aromatic rings. The van der Waals surface area contributed by atoms with Gasteiger partial charge in [-0.3, -0.25) is 14.4 Å². The maximum atomic E-state index is 12.8. The number of rotatable bonds is 13. The van der Waals surface area contributed by atoms with E-state index in [0.717, 1.165) is 11.1 Å². The second kappa shape index (κ2) is 14.5. The lowest BCUT2D eigenvalue weighted by Crippen LogP contribution is -2.53. The normalized spacial score (nSPS) is 17.4. The van der Waals surface area contributed by atoms with Gasteiger partial charge in [-0.15, -0.1) is 0 Å². The van der Waals surface area contributed by atoms with Crippen LogP contribution in [0.15, 0.2) is 60.7 Å². The van der Waals surface area contributed by atoms with Crippen molar-refractivity contribution in [2.45, 2.75) is 58.1 Å². The highest BCUT2D eigenvalue weighted by atomic mass is 16.6. The first-order valence-corrected chi connectivity index (χ1v) is 12.7. The fraction of sp³-hybridized carbons (Fsp3) is 0.393. The van der Waals surface area contributed by atoms with Crippen LogP contribution in [0.1, 0.15) is 37.8 Å². The average Bonchev–Trinajstić information content (AvgIpc) is 2.95. The van der Waals surface area contributed by atoms with Crippen molar-refractivity contribution in [3.63, 3.8) is 0 Å². The molecule has 1 fully saturated rings. The van der Waals surface area contributed by atoms with E-state index in [9.17, 15) is 24.0 Å². The third kappa shape index (κ3) is 9.13. The predicted octanol–water partition coefficient (Wildman–Crippen LogP) is 1.99. The molecule has 3 amide bonds. The van der Waals surface area contributed by atoms with E-state index in [2.05, 4.69) is 16.0 Å². The zero-order valence-electron chi connectivity index (χ0n) is 21.9. The maximum absolute atomic E-state index is 12.8. The van der Waals surface area contributed by atoms with Gasteiger partial charge in [-0.2, -0.15) is 0 Å². The van der Waals surface area contributed by atoms with Crippen molar-refractivity contribution >= 4 is 29.8 Å². The van der Waals surface area contributed by atoms with Crippen molar-refractivity contribution in [3.05, 3.63) is 71.8 Å². The van der Waals surface area contributed by atoms with Gasteiger partial charge in [-0.05, 0) is 37.8 Å². The summed E-state index contributed by atoms with van der Waals surface area (Å²) in [6.45, 7) is 3.33. The Morgan fingerprint density at radius 3 is 2.05 bits per heavy atom. The molecule has 2 aromatic carbocycles. The fourth-order valence-corrected chi connectivity index (χ4v) is 3.67. The first-order chi connectivity index (χ1) is 18.7. The van der Waals surface area contributed by atoms with Crippen molar-refractivity contribution in [1.82, 2.24) is 16.0 Å². The largest absolute Gasteiger partial charge is 0.459 e. The summed E-state index contributed by atoms with van der Waals surface area (Å²) >= 11 is 0. The Bertz CT molecular complexity index is 1140. The molecular formula is C28H33N3O8. The van der Waals surface area contributed by atoms with Crippen molar-refractivity contribution in [1.29, 1.82) is 0 Å². The molecule has 0 radical (unpaired) electrons. The van der Waals surface area contributed by atoms with Gasteiger partial charge < -0.3 is 30.2 Å². The van der Waals surface area contributed by atoms with Crippen LogP contribution in [0.25, 0.3) is 0 Å². The summed E-state index contributed by atoms with van der Waals surface area (Å²) < 4.78 is 15.4. The third-order valence-corrected chi connectivity index (χ3v) is 6.06. The lowest BCUT2D eigenvalue weighted by atomic mass is 9.99. The van der Waals surface area contributed by atoms with Gasteiger partial charge in [0.15, 0.2) is 6.10 Å². The first-order valence-electron chi connectivity index (χ1n) is 12.7. The molecule has 0 aromatic heterocycles. The Labute approximate surface area is 226 Å². The number of cyclic esters (lactones) is 1. The van der Waals surface area contributed by atoms with E-state index < -0.39 is 54.0 Å². The smallest absolute Gasteiger partial charge is 0.408 e. The molecule has 1 aliphatic rings. The van der Waals surface area contributed by atoms with Gasteiger partial charge >= 0.3 is 18.0 Å². The number of hydrogen-bond donors (Lipinski definition) is 3. The summed E-state index contributed by atoms with van der Waals surface area (Å²) in [7, 11) is 0. The van der Waals surface area contributed by atoms with Gasteiger partial charge in [0.2, 0.25) is 5.91 Å². The molecule has 1 aliphatic heterocycles. The molecule has 0 bridgehead atoms. The molecule has 1 saturated heterocycles. The van der Waals surface area contributed by atoms with E-state index in [-0.39, 0.29) is 26.2 Å². The van der Waals surface area contributed by atoms with Gasteiger partial charge in [-0.1, -0.05) is 60.7 Å². The van der Waals surface area contributed by atoms with Crippen LogP contribution in [0.2, 0.25) is 0 Å². The van der Waals surface area contributed by atoms with E-state index in [1.807, 2.05) is 36.4 Å². The zero-order valence-corrected chi connectivity index (χ0v) is 21.9. The molecule has 0 spiro atoms. The number of carbonyl (C=O) groups excluding carboxylic acids is 5. The van der Waals surface area contributed by atoms with Crippen LogP contribution < -0.4 is 16.0 Å². The summed E-state index contributed by atoms with van der Waals surface area (Å²) in [5.41, 5.74) is 1.58. The number of nitrogens with one attached hydrogen (secondary N) is 3. The monoisotopic (exact) mass is 539 g/mol. The summed E-state index contributed by atoms with van der Waals surface area (Å²) in [5, 5.41) is 7.72. The number of ether oxygens (including phenoxy) is 3. The maximum Gasteiger partial charge on any atom is 0.408 e. The highest BCUT2D eigenvalue weighted by molar-refractivity contribution is 5.93. The molecule has 4 atom stereocenters. The molecular weight excluding hydrogens is 506 g/mol. The molecule has 11 nitrogen and oxygen atoms in total. The lowest BCUT2D eigenvalue weighted by molar-refractivity contribution is -0.186. The Morgan fingerprint density at radius 1 is 0.897 bits per heavy atom. The lowest BCUT2D eigenvalue weighted by Gasteiger charge is -2.31. The summed E-state index contributed by atoms with van der Waals surface area (Å²) in [6.07, 6.45) is -1.12. The summed E-state index contributed by atoms with van der Waals surface area (Å²) in [4.78, 5) is 61.1. The Balaban J connectivity index is 1.49. The van der Waals surface area contributed by atoms with Crippen LogP contribution in [-0.4, -0.2) is 54.6 Å². The second-order valence-electron chi connectivity index (χ2n) is 9.16. The number of hydrogen-bond acceptors (Lipinski definition) is 8. The SMILES string of the molecule is C[C@H](NC(=O)OCc1ccccc1)C(=O)N[C@@H](CCCNC(=O)[C@H]1OC(=O)[C@@H]1C)C(=O)OCc1ccccc1. The highest BCUT2D eigenvalue weighted by Crippen LogP contribution is 2.21. The number of esters is 2. The zero-order chi connectivity index (χ0) is 28.2. The Kier molecular flexibility index (Phi) is 10.8. The minimum absolute atomic E-state index is 0.0212. The highest BCUT2D eigenvalue weighted by Gasteiger charge is 2.43. The van der Waals surface area contributed by atoms with E-state index in [1.165, 1.54) is 6.92 Å². The molecule has 0 aliphatic carbocycles. The molecule has 0 saturated carbocycles. The van der Waals surface area contributed by atoms with E-state index in [4.69, 9.17) is 14.2 Å². The Morgan fingerprint density at radius 2 is 1.49 bits per heavy atom. The minimum atomic E-state index is -1.02. The van der Waals surface area contributed by atoms with Crippen molar-refractivity contribution < 1.29 is 38.2 Å². The van der Waals surface area contributed by atoms with Crippen LogP contribution >= 0.6 is 0 Å². The predicted molar refractivity (Wildman–Crippen MR) is 139 cm³/mol. The van der Waals surface area contributed by atoms with Crippen molar-refractivity contribution in [2.75, 3.05) is 6.54 Å². The van der Waals surface area contributed by atoms with Crippen LogP contribution in [0.4, 0.5) is 4.79 Å². The van der Waals surface area contributed by atoms with Gasteiger partial charge in [0.1, 0.15) is 31.2 Å². The summed E-state index contributed by atoms with van der Waals surface area (Å²) in [6, 6.07) is 16.1. The third-order valence-electron chi connectivity index (χ3n) is 6.06. The number of benzene rings is 2. The summed E-state index contributed by atoms with van der Waals surface area (Å²) in [5.74, 6) is -2.60. The first kappa shape index (κ1) is 29.2. The van der Waals surface area contributed by atoms with Crippen LogP contribution in [0, 0.1) is 5.92 Å². The van der Waals surface area contributed by atoms with Crippen molar-refractivity contribution in [2.24, 2.45) is 5.92 Å². The standard InChI is InChI=1S/C28H33N3O8/c1-18-23(39-26(18)34)25(33)29-15-9-14-22(27(35)37-16-20-10-5-3-6-11-20)31-24(32)19(2)30-28(36)38-17-21-12-7-4-8-13-21/h3-8,10-13,18-19,22-23H,9,14-17H2,1-2H3,(H,29,33)(H,30,36)(H,31,32)/t18-,19+,22+,23+/m1/s1. The molecule has 3 N–H and O–H groups in total. The number of carbonyl (C=O) groups is 5. The van der Waals surface area contributed by atoms with Crippen LogP contribution in [0.3, 0.4) is 0 Å². The molecule has 11 heteroatoms. The fourth-order valence-electron chi connectivity index (χ4n) is 3.67. The van der Waals surface area contributed by atoms with E-state index in [0.29, 0.717) is 6.42 Å². The van der Waals surface area contributed by atoms with Gasteiger partial charge in [0.05, 0.1) is 0 Å². The van der Waals surface area contributed by atoms with Gasteiger partial charge in [0.25, 0.3) is 5.91 Å². The second-order valence-corrected chi connectivity index (χ2v) is 9.16. The number of alkyl carbamates (subject to hydrolysis) is 1. The van der Waals surface area contributed by atoms with Gasteiger partial charge in [-0.25, -0.2) is 9.59 Å². The molecule has 0 unspecified atom stereocenters. The van der Waals surface area contributed by atoms with Crippen LogP contribution in [-0.2, 0) is 46.6 Å². The van der Waals surface area contributed by atoms with Crippen LogP contribution in [0.5, 0.6) is 0 Å². The van der Waals surface area contributed by atoms with Gasteiger partial charge in [0, 0.05) is 6.54 Å². The quantitative estimate of drug-likeness (QED) is 0.199. The van der Waals surface area contributed by atoms with E-state index >= 15 is 0 Å². The number of amides is 3.